The van der Waals surface area contributed by atoms with Crippen molar-refractivity contribution in [3.63, 3.8) is 0 Å². The molecule has 3 heterocycles. The summed E-state index contributed by atoms with van der Waals surface area (Å²) in [4.78, 5) is 16.1. The van der Waals surface area contributed by atoms with Gasteiger partial charge in [-0.05, 0) is 61.1 Å². The quantitative estimate of drug-likeness (QED) is 0.618. The lowest BCUT2D eigenvalue weighted by atomic mass is 9.88. The van der Waals surface area contributed by atoms with Crippen molar-refractivity contribution in [1.29, 1.82) is 0 Å². The summed E-state index contributed by atoms with van der Waals surface area (Å²) >= 11 is 12.3. The van der Waals surface area contributed by atoms with Crippen LogP contribution in [0.1, 0.15) is 47.6 Å². The van der Waals surface area contributed by atoms with Gasteiger partial charge in [-0.1, -0.05) is 29.3 Å². The molecule has 27 heavy (non-hydrogen) atoms. The zero-order chi connectivity index (χ0) is 19.1. The highest BCUT2D eigenvalue weighted by Crippen LogP contribution is 2.40. The summed E-state index contributed by atoms with van der Waals surface area (Å²) in [5.41, 5.74) is 5.45. The number of halogens is 2. The molecular formula is C21H20Cl2N2O2. The van der Waals surface area contributed by atoms with Gasteiger partial charge in [-0.15, -0.1) is 0 Å². The molecule has 0 saturated carbocycles. The fourth-order valence-corrected chi connectivity index (χ4v) is 4.62. The van der Waals surface area contributed by atoms with E-state index < -0.39 is 5.97 Å². The van der Waals surface area contributed by atoms with Crippen molar-refractivity contribution < 1.29 is 9.90 Å². The topological polar surface area (TPSA) is 55.1 Å². The van der Waals surface area contributed by atoms with Gasteiger partial charge >= 0.3 is 5.97 Å². The van der Waals surface area contributed by atoms with Crippen molar-refractivity contribution in [2.24, 2.45) is 0 Å². The number of nitrogens with zero attached hydrogens (tertiary/aromatic N) is 2. The second-order valence-electron chi connectivity index (χ2n) is 7.20. The maximum absolute atomic E-state index is 11.5. The fourth-order valence-electron chi connectivity index (χ4n) is 4.29. The molecule has 4 rings (SSSR count). The first-order valence-corrected chi connectivity index (χ1v) is 9.83. The highest BCUT2D eigenvalue weighted by atomic mass is 35.5. The van der Waals surface area contributed by atoms with Crippen LogP contribution in [0.25, 0.3) is 11.0 Å². The highest BCUT2D eigenvalue weighted by molar-refractivity contribution is 6.42. The minimum Gasteiger partial charge on any atom is -0.481 e. The number of fused-ring (bicyclic) bond motifs is 3. The van der Waals surface area contributed by atoms with Crippen molar-refractivity contribution in [3.8, 4) is 0 Å². The van der Waals surface area contributed by atoms with Gasteiger partial charge < -0.3 is 9.67 Å². The number of aryl methyl sites for hydroxylation is 2. The predicted octanol–water partition coefficient (Wildman–Crippen LogP) is 5.59. The zero-order valence-electron chi connectivity index (χ0n) is 15.0. The maximum atomic E-state index is 11.5. The maximum Gasteiger partial charge on any atom is 0.304 e. The van der Waals surface area contributed by atoms with E-state index >= 15 is 0 Å². The van der Waals surface area contributed by atoms with Gasteiger partial charge in [-0.25, -0.2) is 4.98 Å². The van der Waals surface area contributed by atoms with Crippen LogP contribution in [0, 0.1) is 6.92 Å². The van der Waals surface area contributed by atoms with Gasteiger partial charge in [0.1, 0.15) is 5.65 Å². The molecule has 0 aliphatic carbocycles. The summed E-state index contributed by atoms with van der Waals surface area (Å²) in [6, 6.07) is 7.69. The van der Waals surface area contributed by atoms with E-state index in [-0.39, 0.29) is 12.3 Å². The first-order valence-electron chi connectivity index (χ1n) is 9.08. The summed E-state index contributed by atoms with van der Waals surface area (Å²) in [5.74, 6) is -0.758. The number of hydrogen-bond acceptors (Lipinski definition) is 2. The molecule has 1 atom stereocenters. The molecule has 0 saturated heterocycles. The molecule has 1 unspecified atom stereocenters. The molecule has 1 N–H and O–H groups in total. The van der Waals surface area contributed by atoms with Crippen LogP contribution in [-0.4, -0.2) is 20.6 Å². The van der Waals surface area contributed by atoms with E-state index in [9.17, 15) is 9.90 Å². The van der Waals surface area contributed by atoms with Gasteiger partial charge in [0.15, 0.2) is 0 Å². The van der Waals surface area contributed by atoms with Gasteiger partial charge in [-0.2, -0.15) is 0 Å². The number of rotatable bonds is 4. The molecule has 1 aliphatic heterocycles. The van der Waals surface area contributed by atoms with Crippen molar-refractivity contribution in [3.05, 3.63) is 62.9 Å². The van der Waals surface area contributed by atoms with Gasteiger partial charge in [0, 0.05) is 29.7 Å². The number of aliphatic carboxylic acids is 1. The third kappa shape index (κ3) is 3.32. The Labute approximate surface area is 167 Å². The molecule has 1 aliphatic rings. The number of benzene rings is 1. The highest BCUT2D eigenvalue weighted by Gasteiger charge is 2.30. The summed E-state index contributed by atoms with van der Waals surface area (Å²) in [6.07, 6.45) is 4.50. The Bertz CT molecular complexity index is 1040. The van der Waals surface area contributed by atoms with Crippen molar-refractivity contribution >= 4 is 40.2 Å². The van der Waals surface area contributed by atoms with Gasteiger partial charge in [0.2, 0.25) is 0 Å². The third-order valence-corrected chi connectivity index (χ3v) is 6.14. The van der Waals surface area contributed by atoms with E-state index in [0.717, 1.165) is 47.2 Å². The molecular weight excluding hydrogens is 383 g/mol. The molecule has 0 radical (unpaired) electrons. The molecule has 0 fully saturated rings. The second-order valence-corrected chi connectivity index (χ2v) is 8.02. The molecule has 6 heteroatoms. The van der Waals surface area contributed by atoms with Crippen LogP contribution in [0.2, 0.25) is 10.0 Å². The Kier molecular flexibility index (Phi) is 4.87. The Balaban J connectivity index is 1.92. The summed E-state index contributed by atoms with van der Waals surface area (Å²) < 4.78 is 2.23. The lowest BCUT2D eigenvalue weighted by Gasteiger charge is -2.25. The van der Waals surface area contributed by atoms with E-state index in [2.05, 4.69) is 16.5 Å². The SMILES string of the molecule is Cc1ccnc2c1c(Cc1ccc(Cl)c(Cl)c1)c1n2CCCC1CC(=O)O. The van der Waals surface area contributed by atoms with Crippen LogP contribution < -0.4 is 0 Å². The van der Waals surface area contributed by atoms with Crippen LogP contribution >= 0.6 is 23.2 Å². The smallest absolute Gasteiger partial charge is 0.304 e. The summed E-state index contributed by atoms with van der Waals surface area (Å²) in [5, 5.41) is 11.6. The molecule has 0 spiro atoms. The fraction of sp³-hybridized carbons (Fsp3) is 0.333. The lowest BCUT2D eigenvalue weighted by Crippen LogP contribution is -2.19. The molecule has 140 valence electrons. The van der Waals surface area contributed by atoms with Crippen molar-refractivity contribution in [2.75, 3.05) is 0 Å². The van der Waals surface area contributed by atoms with E-state index in [4.69, 9.17) is 23.2 Å². The average molecular weight is 403 g/mol. The normalized spacial score (nSPS) is 16.5. The Morgan fingerprint density at radius 3 is 2.85 bits per heavy atom. The molecule has 2 aromatic heterocycles. The van der Waals surface area contributed by atoms with Crippen LogP contribution in [0.15, 0.2) is 30.5 Å². The molecule has 0 amide bonds. The van der Waals surface area contributed by atoms with E-state index in [0.29, 0.717) is 16.5 Å². The van der Waals surface area contributed by atoms with Gasteiger partial charge in [0.25, 0.3) is 0 Å². The number of carbonyl (C=O) groups is 1. The minimum absolute atomic E-state index is 0.00243. The third-order valence-electron chi connectivity index (χ3n) is 5.40. The standard InChI is InChI=1S/C21H20Cl2N2O2/c1-12-6-7-24-21-19(12)15(9-13-4-5-16(22)17(23)10-13)20-14(11-18(26)27)3-2-8-25(20)21/h4-7,10,14H,2-3,8-9,11H2,1H3,(H,26,27). The summed E-state index contributed by atoms with van der Waals surface area (Å²) in [6.45, 7) is 2.96. The molecule has 0 bridgehead atoms. The Hall–Kier alpha value is -2.04. The largest absolute Gasteiger partial charge is 0.481 e. The van der Waals surface area contributed by atoms with Crippen molar-refractivity contribution in [2.45, 2.75) is 45.1 Å². The summed E-state index contributed by atoms with van der Waals surface area (Å²) in [7, 11) is 0. The van der Waals surface area contributed by atoms with Gasteiger partial charge in [0.05, 0.1) is 16.5 Å². The van der Waals surface area contributed by atoms with Crippen LogP contribution in [0.3, 0.4) is 0 Å². The van der Waals surface area contributed by atoms with Crippen molar-refractivity contribution in [1.82, 2.24) is 9.55 Å². The van der Waals surface area contributed by atoms with Crippen LogP contribution in [0.4, 0.5) is 0 Å². The first-order chi connectivity index (χ1) is 13.0. The average Bonchev–Trinajstić information content (AvgIpc) is 2.94. The van der Waals surface area contributed by atoms with Crippen LogP contribution in [-0.2, 0) is 17.8 Å². The van der Waals surface area contributed by atoms with Gasteiger partial charge in [-0.3, -0.25) is 4.79 Å². The first kappa shape index (κ1) is 18.3. The second kappa shape index (κ2) is 7.17. The lowest BCUT2D eigenvalue weighted by molar-refractivity contribution is -0.137. The predicted molar refractivity (Wildman–Crippen MR) is 108 cm³/mol. The van der Waals surface area contributed by atoms with Crippen LogP contribution in [0.5, 0.6) is 0 Å². The number of hydrogen-bond donors (Lipinski definition) is 1. The molecule has 4 nitrogen and oxygen atoms in total. The molecule has 3 aromatic rings. The Morgan fingerprint density at radius 2 is 2.11 bits per heavy atom. The number of aromatic nitrogens is 2. The monoisotopic (exact) mass is 402 g/mol. The zero-order valence-corrected chi connectivity index (χ0v) is 16.5. The number of carboxylic acids is 1. The van der Waals surface area contributed by atoms with E-state index in [1.54, 1.807) is 0 Å². The molecule has 1 aromatic carbocycles. The minimum atomic E-state index is -0.760. The Morgan fingerprint density at radius 1 is 1.30 bits per heavy atom. The van der Waals surface area contributed by atoms with E-state index in [1.807, 2.05) is 30.5 Å². The van der Waals surface area contributed by atoms with E-state index in [1.165, 1.54) is 5.56 Å². The number of carboxylic acid groups (broad SMARTS) is 1. The number of pyridine rings is 1.